The second-order valence-corrected chi connectivity index (χ2v) is 4.92. The van der Waals surface area contributed by atoms with E-state index in [-0.39, 0.29) is 17.6 Å². The number of rotatable bonds is 5. The van der Waals surface area contributed by atoms with E-state index in [1.54, 1.807) is 30.3 Å². The highest BCUT2D eigenvalue weighted by Crippen LogP contribution is 2.11. The van der Waals surface area contributed by atoms with Crippen LogP contribution in [0.3, 0.4) is 0 Å². The summed E-state index contributed by atoms with van der Waals surface area (Å²) in [7, 11) is 0. The quantitative estimate of drug-likeness (QED) is 0.836. The largest absolute Gasteiger partial charge is 0.480 e. The normalized spacial score (nSPS) is 11.6. The van der Waals surface area contributed by atoms with Gasteiger partial charge in [0.15, 0.2) is 0 Å². The molecule has 1 amide bonds. The molecule has 2 N–H and O–H groups in total. The van der Waals surface area contributed by atoms with E-state index < -0.39 is 11.2 Å². The van der Waals surface area contributed by atoms with Crippen LogP contribution in [0.25, 0.3) is 0 Å². The fraction of sp³-hybridized carbons (Fsp3) is 0.250. The van der Waals surface area contributed by atoms with Crippen molar-refractivity contribution in [2.24, 2.45) is 0 Å². The smallest absolute Gasteiger partial charge is 0.316 e. The first-order valence-corrected chi connectivity index (χ1v) is 6.14. The third-order valence-corrected chi connectivity index (χ3v) is 3.05. The zero-order chi connectivity index (χ0) is 13.5. The van der Waals surface area contributed by atoms with Gasteiger partial charge in [-0.15, -0.1) is 0 Å². The molecule has 0 aliphatic heterocycles. The first-order chi connectivity index (χ1) is 8.50. The molecule has 1 unspecified atom stereocenters. The van der Waals surface area contributed by atoms with E-state index in [1.807, 2.05) is 0 Å². The summed E-state index contributed by atoms with van der Waals surface area (Å²) in [6.07, 6.45) is 0. The van der Waals surface area contributed by atoms with Gasteiger partial charge in [0, 0.05) is 5.56 Å². The summed E-state index contributed by atoms with van der Waals surface area (Å²) in [6.45, 7) is 1.24. The van der Waals surface area contributed by atoms with E-state index in [9.17, 15) is 14.4 Å². The number of nitrogens with one attached hydrogen (secondary N) is 1. The van der Waals surface area contributed by atoms with Gasteiger partial charge in [-0.1, -0.05) is 30.0 Å². The van der Waals surface area contributed by atoms with Crippen molar-refractivity contribution in [3.63, 3.8) is 0 Å². The minimum absolute atomic E-state index is 0.185. The number of hydrogen-bond acceptors (Lipinski definition) is 4. The average molecular weight is 267 g/mol. The van der Waals surface area contributed by atoms with Crippen molar-refractivity contribution in [2.75, 3.05) is 6.54 Å². The Kier molecular flexibility index (Phi) is 5.38. The van der Waals surface area contributed by atoms with Crippen LogP contribution in [0.4, 0.5) is 0 Å². The molecule has 0 spiro atoms. The van der Waals surface area contributed by atoms with Crippen molar-refractivity contribution in [2.45, 2.75) is 12.2 Å². The molecular formula is C12H13NO4S. The summed E-state index contributed by atoms with van der Waals surface area (Å²) in [5, 5.41) is 9.87. The van der Waals surface area contributed by atoms with Crippen molar-refractivity contribution in [3.05, 3.63) is 35.9 Å². The number of hydrogen-bond donors (Lipinski definition) is 2. The predicted octanol–water partition coefficient (Wildman–Crippen LogP) is 1.15. The van der Waals surface area contributed by atoms with E-state index in [1.165, 1.54) is 6.92 Å². The summed E-state index contributed by atoms with van der Waals surface area (Å²) in [5.74, 6) is -1.41. The summed E-state index contributed by atoms with van der Waals surface area (Å²) >= 11 is 0.692. The Balaban J connectivity index is 2.40. The SMILES string of the molecule is CC(SC(=O)CNC(=O)c1ccccc1)C(=O)O. The maximum Gasteiger partial charge on any atom is 0.316 e. The number of carboxylic acids is 1. The van der Waals surface area contributed by atoms with E-state index >= 15 is 0 Å². The molecule has 0 aliphatic carbocycles. The first-order valence-electron chi connectivity index (χ1n) is 5.26. The van der Waals surface area contributed by atoms with Crippen molar-refractivity contribution in [1.29, 1.82) is 0 Å². The fourth-order valence-corrected chi connectivity index (χ4v) is 1.78. The Morgan fingerprint density at radius 2 is 1.89 bits per heavy atom. The van der Waals surface area contributed by atoms with Gasteiger partial charge < -0.3 is 10.4 Å². The maximum atomic E-state index is 11.6. The van der Waals surface area contributed by atoms with Gasteiger partial charge in [-0.2, -0.15) is 0 Å². The number of thioether (sulfide) groups is 1. The van der Waals surface area contributed by atoms with E-state index in [0.29, 0.717) is 17.3 Å². The van der Waals surface area contributed by atoms with Gasteiger partial charge in [0.05, 0.1) is 6.54 Å². The van der Waals surface area contributed by atoms with Crippen LogP contribution in [0.15, 0.2) is 30.3 Å². The molecule has 96 valence electrons. The van der Waals surface area contributed by atoms with Crippen LogP contribution in [-0.2, 0) is 9.59 Å². The summed E-state index contributed by atoms with van der Waals surface area (Å²) in [6, 6.07) is 8.49. The summed E-state index contributed by atoms with van der Waals surface area (Å²) in [4.78, 5) is 33.5. The van der Waals surface area contributed by atoms with E-state index in [4.69, 9.17) is 5.11 Å². The molecule has 5 nitrogen and oxygen atoms in total. The lowest BCUT2D eigenvalue weighted by atomic mass is 10.2. The van der Waals surface area contributed by atoms with E-state index in [2.05, 4.69) is 5.32 Å². The van der Waals surface area contributed by atoms with Crippen molar-refractivity contribution in [3.8, 4) is 0 Å². The zero-order valence-corrected chi connectivity index (χ0v) is 10.6. The number of carbonyl (C=O) groups is 3. The lowest BCUT2D eigenvalue weighted by Crippen LogP contribution is -2.29. The number of carbonyl (C=O) groups excluding carboxylic acids is 2. The Labute approximate surface area is 109 Å². The Bertz CT molecular complexity index is 447. The van der Waals surface area contributed by atoms with Gasteiger partial charge >= 0.3 is 5.97 Å². The highest BCUT2D eigenvalue weighted by Gasteiger charge is 2.17. The van der Waals surface area contributed by atoms with Crippen LogP contribution in [-0.4, -0.2) is 33.9 Å². The van der Waals surface area contributed by atoms with Crippen molar-refractivity contribution < 1.29 is 19.5 Å². The lowest BCUT2D eigenvalue weighted by Gasteiger charge is -2.06. The maximum absolute atomic E-state index is 11.6. The minimum atomic E-state index is -1.05. The molecule has 0 saturated carbocycles. The minimum Gasteiger partial charge on any atom is -0.480 e. The van der Waals surface area contributed by atoms with Gasteiger partial charge in [0.1, 0.15) is 5.25 Å². The number of carboxylic acid groups (broad SMARTS) is 1. The third kappa shape index (κ3) is 4.58. The van der Waals surface area contributed by atoms with Gasteiger partial charge in [-0.25, -0.2) is 0 Å². The molecule has 1 atom stereocenters. The zero-order valence-electron chi connectivity index (χ0n) is 9.75. The standard InChI is InChI=1S/C12H13NO4S/c1-8(12(16)17)18-10(14)7-13-11(15)9-5-3-2-4-6-9/h2-6,8H,7H2,1H3,(H,13,15)(H,16,17). The molecule has 0 heterocycles. The molecule has 0 fully saturated rings. The molecule has 18 heavy (non-hydrogen) atoms. The van der Waals surface area contributed by atoms with Crippen molar-refractivity contribution in [1.82, 2.24) is 5.32 Å². The highest BCUT2D eigenvalue weighted by molar-refractivity contribution is 8.14. The molecule has 0 saturated heterocycles. The molecule has 1 rings (SSSR count). The van der Waals surface area contributed by atoms with Gasteiger partial charge in [-0.3, -0.25) is 14.4 Å². The molecule has 1 aromatic rings. The number of amides is 1. The van der Waals surface area contributed by atoms with Crippen LogP contribution in [0.1, 0.15) is 17.3 Å². The fourth-order valence-electron chi connectivity index (χ4n) is 1.13. The Hall–Kier alpha value is -1.82. The molecule has 1 aromatic carbocycles. The van der Waals surface area contributed by atoms with Crippen LogP contribution in [0.2, 0.25) is 0 Å². The molecule has 0 radical (unpaired) electrons. The van der Waals surface area contributed by atoms with Gasteiger partial charge in [0.25, 0.3) is 5.91 Å². The molecule has 0 aromatic heterocycles. The Morgan fingerprint density at radius 1 is 1.28 bits per heavy atom. The second kappa shape index (κ2) is 6.80. The molecule has 0 aliphatic rings. The third-order valence-electron chi connectivity index (χ3n) is 2.09. The lowest BCUT2D eigenvalue weighted by molar-refractivity contribution is -0.136. The summed E-state index contributed by atoms with van der Waals surface area (Å²) in [5.41, 5.74) is 0.460. The van der Waals surface area contributed by atoms with Crippen LogP contribution >= 0.6 is 11.8 Å². The van der Waals surface area contributed by atoms with E-state index in [0.717, 1.165) is 0 Å². The van der Waals surface area contributed by atoms with Crippen molar-refractivity contribution >= 4 is 28.8 Å². The predicted molar refractivity (Wildman–Crippen MR) is 68.5 cm³/mol. The van der Waals surface area contributed by atoms with Gasteiger partial charge in [0.2, 0.25) is 5.12 Å². The topological polar surface area (TPSA) is 83.5 Å². The number of aliphatic carboxylic acids is 1. The number of benzene rings is 1. The average Bonchev–Trinajstić information content (AvgIpc) is 2.36. The van der Waals surface area contributed by atoms with Gasteiger partial charge in [-0.05, 0) is 19.1 Å². The highest BCUT2D eigenvalue weighted by atomic mass is 32.2. The second-order valence-electron chi connectivity index (χ2n) is 3.52. The Morgan fingerprint density at radius 3 is 2.44 bits per heavy atom. The van der Waals surface area contributed by atoms with Crippen LogP contribution in [0.5, 0.6) is 0 Å². The first kappa shape index (κ1) is 14.2. The van der Waals surface area contributed by atoms with Crippen LogP contribution in [0, 0.1) is 0 Å². The monoisotopic (exact) mass is 267 g/mol. The summed E-state index contributed by atoms with van der Waals surface area (Å²) < 4.78 is 0. The molecule has 0 bridgehead atoms. The van der Waals surface area contributed by atoms with Crippen LogP contribution < -0.4 is 5.32 Å². The molecule has 6 heteroatoms. The molecular weight excluding hydrogens is 254 g/mol.